The topological polar surface area (TPSA) is 77.2 Å². The Labute approximate surface area is 161 Å². The lowest BCUT2D eigenvalue weighted by Gasteiger charge is -2.26. The molecule has 7 heteroatoms. The highest BCUT2D eigenvalue weighted by Gasteiger charge is 2.22. The minimum Gasteiger partial charge on any atom is -0.493 e. The number of amides is 1. The zero-order valence-corrected chi connectivity index (χ0v) is 15.3. The Morgan fingerprint density at radius 3 is 2.85 bits per heavy atom. The van der Waals surface area contributed by atoms with Crippen LogP contribution < -0.4 is 10.1 Å². The van der Waals surface area contributed by atoms with Crippen molar-refractivity contribution < 1.29 is 14.1 Å². The van der Waals surface area contributed by atoms with Crippen molar-refractivity contribution in [2.24, 2.45) is 0 Å². The van der Waals surface area contributed by atoms with E-state index in [1.165, 1.54) is 0 Å². The van der Waals surface area contributed by atoms with Crippen LogP contribution in [0.2, 0.25) is 5.02 Å². The number of hydrogen-bond acceptors (Lipinski definition) is 5. The predicted molar refractivity (Wildman–Crippen MR) is 101 cm³/mol. The number of rotatable bonds is 5. The van der Waals surface area contributed by atoms with Crippen LogP contribution in [0.15, 0.2) is 53.1 Å². The molecule has 1 amide bonds. The maximum atomic E-state index is 12.4. The fourth-order valence-electron chi connectivity index (χ4n) is 3.05. The van der Waals surface area contributed by atoms with E-state index in [0.29, 0.717) is 29.8 Å². The molecule has 1 aliphatic heterocycles. The summed E-state index contributed by atoms with van der Waals surface area (Å²) < 4.78 is 10.9. The molecule has 0 aliphatic carbocycles. The summed E-state index contributed by atoms with van der Waals surface area (Å²) in [7, 11) is 0. The van der Waals surface area contributed by atoms with Gasteiger partial charge in [-0.3, -0.25) is 4.79 Å². The van der Waals surface area contributed by atoms with Gasteiger partial charge in [-0.05, 0) is 30.3 Å². The molecule has 0 saturated carbocycles. The first-order valence-electron chi connectivity index (χ1n) is 8.78. The summed E-state index contributed by atoms with van der Waals surface area (Å²) in [5, 5.41) is 7.68. The largest absolute Gasteiger partial charge is 0.493 e. The third-order valence-electron chi connectivity index (χ3n) is 4.43. The summed E-state index contributed by atoms with van der Waals surface area (Å²) in [6.45, 7) is 0.593. The van der Waals surface area contributed by atoms with Crippen molar-refractivity contribution in [3.05, 3.63) is 65.0 Å². The summed E-state index contributed by atoms with van der Waals surface area (Å²) in [5.74, 6) is 1.70. The van der Waals surface area contributed by atoms with Crippen LogP contribution in [0.25, 0.3) is 11.4 Å². The maximum absolute atomic E-state index is 12.4. The van der Waals surface area contributed by atoms with Crippen molar-refractivity contribution in [3.63, 3.8) is 0 Å². The standard InChI is InChI=1S/C20H18ClN3O3/c21-14-7-5-13(6-8-14)20-23-19(27-24-20)10-9-18(25)22-16-11-12-26-17-4-2-1-3-15(16)17/h1-8,16H,9-12H2,(H,22,25)/t16-/m1/s1. The smallest absolute Gasteiger partial charge is 0.227 e. The van der Waals surface area contributed by atoms with E-state index in [9.17, 15) is 4.79 Å². The summed E-state index contributed by atoms with van der Waals surface area (Å²) in [6.07, 6.45) is 1.42. The predicted octanol–water partition coefficient (Wildman–Crippen LogP) is 3.96. The van der Waals surface area contributed by atoms with E-state index in [1.54, 1.807) is 12.1 Å². The minimum atomic E-state index is -0.0528. The third kappa shape index (κ3) is 4.11. The first-order chi connectivity index (χ1) is 13.2. The van der Waals surface area contributed by atoms with Gasteiger partial charge in [-0.1, -0.05) is 35.0 Å². The van der Waals surface area contributed by atoms with Crippen LogP contribution >= 0.6 is 11.6 Å². The van der Waals surface area contributed by atoms with Crippen LogP contribution in [0.1, 0.15) is 30.3 Å². The molecule has 2 aromatic carbocycles. The van der Waals surface area contributed by atoms with Crippen molar-refractivity contribution >= 4 is 17.5 Å². The molecular weight excluding hydrogens is 366 g/mol. The average molecular weight is 384 g/mol. The van der Waals surface area contributed by atoms with Crippen molar-refractivity contribution in [1.82, 2.24) is 15.5 Å². The summed E-state index contributed by atoms with van der Waals surface area (Å²) in [6, 6.07) is 14.9. The Balaban J connectivity index is 1.34. The number of para-hydroxylation sites is 1. The molecule has 0 spiro atoms. The zero-order valence-electron chi connectivity index (χ0n) is 14.5. The lowest BCUT2D eigenvalue weighted by atomic mass is 10.0. The van der Waals surface area contributed by atoms with Gasteiger partial charge in [0.25, 0.3) is 0 Å². The van der Waals surface area contributed by atoms with Gasteiger partial charge in [0.05, 0.1) is 12.6 Å². The van der Waals surface area contributed by atoms with Crippen molar-refractivity contribution in [2.45, 2.75) is 25.3 Å². The molecule has 1 N–H and O–H groups in total. The van der Waals surface area contributed by atoms with E-state index >= 15 is 0 Å². The zero-order chi connectivity index (χ0) is 18.6. The number of carbonyl (C=O) groups is 1. The second-order valence-corrected chi connectivity index (χ2v) is 6.75. The van der Waals surface area contributed by atoms with Gasteiger partial charge in [-0.2, -0.15) is 4.98 Å². The Morgan fingerprint density at radius 2 is 2.00 bits per heavy atom. The fraction of sp³-hybridized carbons (Fsp3) is 0.250. The molecule has 27 heavy (non-hydrogen) atoms. The van der Waals surface area contributed by atoms with Crippen LogP contribution in [0, 0.1) is 0 Å². The first kappa shape index (κ1) is 17.5. The molecule has 0 bridgehead atoms. The Hall–Kier alpha value is -2.86. The summed E-state index contributed by atoms with van der Waals surface area (Å²) >= 11 is 5.88. The molecule has 1 aliphatic rings. The quantitative estimate of drug-likeness (QED) is 0.721. The molecule has 4 rings (SSSR count). The number of ether oxygens (including phenoxy) is 1. The van der Waals surface area contributed by atoms with Gasteiger partial charge in [0.2, 0.25) is 17.6 Å². The molecule has 0 radical (unpaired) electrons. The highest BCUT2D eigenvalue weighted by atomic mass is 35.5. The van der Waals surface area contributed by atoms with Gasteiger partial charge >= 0.3 is 0 Å². The molecule has 2 heterocycles. The Kier molecular flexibility index (Phi) is 5.07. The summed E-state index contributed by atoms with van der Waals surface area (Å²) in [4.78, 5) is 16.7. The number of fused-ring (bicyclic) bond motifs is 1. The Morgan fingerprint density at radius 1 is 1.19 bits per heavy atom. The van der Waals surface area contributed by atoms with Gasteiger partial charge < -0.3 is 14.6 Å². The molecule has 0 saturated heterocycles. The first-order valence-corrected chi connectivity index (χ1v) is 9.16. The Bertz CT molecular complexity index is 940. The number of aromatic nitrogens is 2. The number of nitrogens with zero attached hydrogens (tertiary/aromatic N) is 2. The van der Waals surface area contributed by atoms with E-state index in [4.69, 9.17) is 20.9 Å². The third-order valence-corrected chi connectivity index (χ3v) is 4.68. The monoisotopic (exact) mass is 383 g/mol. The van der Waals surface area contributed by atoms with Crippen LogP contribution in [0.3, 0.4) is 0 Å². The van der Waals surface area contributed by atoms with Crippen LogP contribution in [-0.2, 0) is 11.2 Å². The van der Waals surface area contributed by atoms with E-state index in [1.807, 2.05) is 36.4 Å². The van der Waals surface area contributed by atoms with Gasteiger partial charge in [-0.15, -0.1) is 0 Å². The molecule has 3 aromatic rings. The van der Waals surface area contributed by atoms with E-state index < -0.39 is 0 Å². The lowest BCUT2D eigenvalue weighted by Crippen LogP contribution is -2.32. The van der Waals surface area contributed by atoms with Gasteiger partial charge in [0, 0.05) is 35.4 Å². The average Bonchev–Trinajstić information content (AvgIpc) is 3.16. The number of hydrogen-bond donors (Lipinski definition) is 1. The molecule has 0 unspecified atom stereocenters. The van der Waals surface area contributed by atoms with E-state index in [2.05, 4.69) is 15.5 Å². The number of carbonyl (C=O) groups excluding carboxylic acids is 1. The maximum Gasteiger partial charge on any atom is 0.227 e. The minimum absolute atomic E-state index is 0.0326. The lowest BCUT2D eigenvalue weighted by molar-refractivity contribution is -0.122. The highest BCUT2D eigenvalue weighted by Crippen LogP contribution is 2.31. The molecule has 1 aromatic heterocycles. The van der Waals surface area contributed by atoms with Crippen LogP contribution in [0.4, 0.5) is 0 Å². The van der Waals surface area contributed by atoms with E-state index in [0.717, 1.165) is 23.3 Å². The number of halogens is 1. The molecular formula is C20H18ClN3O3. The SMILES string of the molecule is O=C(CCc1nc(-c2ccc(Cl)cc2)no1)N[C@@H]1CCOc2ccccc21. The summed E-state index contributed by atoms with van der Waals surface area (Å²) in [5.41, 5.74) is 1.83. The number of benzene rings is 2. The molecule has 1 atom stereocenters. The fourth-order valence-corrected chi connectivity index (χ4v) is 3.18. The van der Waals surface area contributed by atoms with Gasteiger partial charge in [0.15, 0.2) is 0 Å². The van der Waals surface area contributed by atoms with Crippen molar-refractivity contribution in [1.29, 1.82) is 0 Å². The van der Waals surface area contributed by atoms with Crippen molar-refractivity contribution in [2.75, 3.05) is 6.61 Å². The van der Waals surface area contributed by atoms with E-state index in [-0.39, 0.29) is 18.4 Å². The number of nitrogens with one attached hydrogen (secondary N) is 1. The molecule has 138 valence electrons. The van der Waals surface area contributed by atoms with Gasteiger partial charge in [-0.25, -0.2) is 0 Å². The molecule has 0 fully saturated rings. The van der Waals surface area contributed by atoms with Crippen molar-refractivity contribution in [3.8, 4) is 17.1 Å². The number of aryl methyl sites for hydroxylation is 1. The second-order valence-electron chi connectivity index (χ2n) is 6.31. The van der Waals surface area contributed by atoms with Gasteiger partial charge in [0.1, 0.15) is 5.75 Å². The van der Waals surface area contributed by atoms with Crippen LogP contribution in [0.5, 0.6) is 5.75 Å². The normalized spacial score (nSPS) is 15.7. The second kappa shape index (κ2) is 7.80. The molecule has 6 nitrogen and oxygen atoms in total. The van der Waals surface area contributed by atoms with Crippen LogP contribution in [-0.4, -0.2) is 22.7 Å². The highest BCUT2D eigenvalue weighted by molar-refractivity contribution is 6.30.